The van der Waals surface area contributed by atoms with Gasteiger partial charge in [-0.2, -0.15) is 0 Å². The summed E-state index contributed by atoms with van der Waals surface area (Å²) in [6.45, 7) is 0. The first-order valence-electron chi connectivity index (χ1n) is 4.47. The van der Waals surface area contributed by atoms with Crippen molar-refractivity contribution in [3.05, 3.63) is 41.6 Å². The highest BCUT2D eigenvalue weighted by molar-refractivity contribution is 9.15. The molecule has 0 aliphatic carbocycles. The molecule has 1 fully saturated rings. The molecule has 1 saturated heterocycles. The van der Waals surface area contributed by atoms with E-state index in [1.54, 1.807) is 0 Å². The predicted molar refractivity (Wildman–Crippen MR) is 60.1 cm³/mol. The van der Waals surface area contributed by atoms with Crippen molar-refractivity contribution >= 4 is 32.1 Å². The van der Waals surface area contributed by atoms with Crippen LogP contribution in [0.5, 0.6) is 0 Å². The Balaban J connectivity index is 2.42. The maximum Gasteiger partial charge on any atom is 0.232 e. The first-order chi connectivity index (χ1) is 7.18. The molecule has 4 heteroatoms. The normalized spacial score (nSPS) is 19.0. The van der Waals surface area contributed by atoms with Crippen LogP contribution in [0.15, 0.2) is 36.0 Å². The van der Waals surface area contributed by atoms with E-state index in [0.717, 1.165) is 5.56 Å². The molecule has 3 nitrogen and oxygen atoms in total. The third-order valence-corrected chi connectivity index (χ3v) is 2.97. The van der Waals surface area contributed by atoms with Crippen molar-refractivity contribution in [1.29, 1.82) is 0 Å². The van der Waals surface area contributed by atoms with Gasteiger partial charge in [-0.15, -0.1) is 0 Å². The molecule has 76 valence electrons. The molecule has 1 aliphatic heterocycles. The van der Waals surface area contributed by atoms with Crippen LogP contribution < -0.4 is 5.32 Å². The second-order valence-electron chi connectivity index (χ2n) is 3.20. The molecule has 1 heterocycles. The number of rotatable bonds is 1. The summed E-state index contributed by atoms with van der Waals surface area (Å²) in [5.41, 5.74) is 1.23. The minimum atomic E-state index is -0.247. The first-order valence-corrected chi connectivity index (χ1v) is 5.26. The number of carbonyl (C=O) groups excluding carboxylic acids is 2. The van der Waals surface area contributed by atoms with E-state index < -0.39 is 0 Å². The van der Waals surface area contributed by atoms with Gasteiger partial charge in [0.25, 0.3) is 0 Å². The standard InChI is InChI=1S/C11H8BrNO2/c12-10(7-4-2-1-3-5-7)11-8(14)6-9(15)13-11/h1-5H,6H2,(H,13,15). The summed E-state index contributed by atoms with van der Waals surface area (Å²) in [5.74, 6) is -0.418. The zero-order valence-electron chi connectivity index (χ0n) is 7.79. The molecule has 1 aliphatic rings. The van der Waals surface area contributed by atoms with Crippen LogP contribution >= 0.6 is 15.9 Å². The maximum atomic E-state index is 11.4. The van der Waals surface area contributed by atoms with Crippen LogP contribution in [0.2, 0.25) is 0 Å². The average Bonchev–Trinajstić information content (AvgIpc) is 2.58. The minimum absolute atomic E-state index is 0.0583. The fourth-order valence-corrected chi connectivity index (χ4v) is 1.98. The van der Waals surface area contributed by atoms with E-state index in [0.29, 0.717) is 10.2 Å². The molecule has 0 bridgehead atoms. The third kappa shape index (κ3) is 1.99. The molecule has 0 radical (unpaired) electrons. The summed E-state index contributed by atoms with van der Waals surface area (Å²) >= 11 is 3.32. The SMILES string of the molecule is O=C1CC(=O)C(=C(Br)c2ccccc2)N1. The van der Waals surface area contributed by atoms with Gasteiger partial charge in [0, 0.05) is 0 Å². The van der Waals surface area contributed by atoms with E-state index in [9.17, 15) is 9.59 Å². The molecule has 2 rings (SSSR count). The van der Waals surface area contributed by atoms with E-state index in [1.165, 1.54) is 0 Å². The van der Waals surface area contributed by atoms with Crippen molar-refractivity contribution in [3.63, 3.8) is 0 Å². The molecule has 15 heavy (non-hydrogen) atoms. The number of hydrogen-bond acceptors (Lipinski definition) is 2. The van der Waals surface area contributed by atoms with Crippen LogP contribution in [-0.4, -0.2) is 11.7 Å². The smallest absolute Gasteiger partial charge is 0.232 e. The van der Waals surface area contributed by atoms with E-state index >= 15 is 0 Å². The van der Waals surface area contributed by atoms with Crippen molar-refractivity contribution in [3.8, 4) is 0 Å². The highest BCUT2D eigenvalue weighted by Gasteiger charge is 2.26. The molecular weight excluding hydrogens is 258 g/mol. The zero-order valence-corrected chi connectivity index (χ0v) is 9.37. The number of ketones is 1. The number of Topliss-reactive ketones (excluding diaryl/α,β-unsaturated/α-hetero) is 1. The van der Waals surface area contributed by atoms with Gasteiger partial charge in [-0.05, 0) is 21.5 Å². The van der Waals surface area contributed by atoms with Crippen LogP contribution in [0.1, 0.15) is 12.0 Å². The highest BCUT2D eigenvalue weighted by Crippen LogP contribution is 2.26. The van der Waals surface area contributed by atoms with Gasteiger partial charge in [0.1, 0.15) is 0 Å². The van der Waals surface area contributed by atoms with Crippen LogP contribution in [-0.2, 0) is 9.59 Å². The monoisotopic (exact) mass is 265 g/mol. The maximum absolute atomic E-state index is 11.4. The fraction of sp³-hybridized carbons (Fsp3) is 0.0909. The minimum Gasteiger partial charge on any atom is -0.322 e. The van der Waals surface area contributed by atoms with Gasteiger partial charge in [-0.1, -0.05) is 30.3 Å². The number of allylic oxidation sites excluding steroid dienone is 1. The summed E-state index contributed by atoms with van der Waals surface area (Å²) < 4.78 is 0.638. The number of nitrogens with one attached hydrogen (secondary N) is 1. The zero-order chi connectivity index (χ0) is 10.8. The number of amides is 1. The van der Waals surface area contributed by atoms with Crippen LogP contribution in [0.25, 0.3) is 4.48 Å². The lowest BCUT2D eigenvalue weighted by molar-refractivity contribution is -0.121. The van der Waals surface area contributed by atoms with Gasteiger partial charge in [-0.3, -0.25) is 9.59 Å². The molecular formula is C11H8BrNO2. The Morgan fingerprint density at radius 2 is 1.87 bits per heavy atom. The van der Waals surface area contributed by atoms with Crippen LogP contribution in [0.4, 0.5) is 0 Å². The number of benzene rings is 1. The van der Waals surface area contributed by atoms with Gasteiger partial charge in [0.05, 0.1) is 16.6 Å². The van der Waals surface area contributed by atoms with Crippen LogP contribution in [0, 0.1) is 0 Å². The fourth-order valence-electron chi connectivity index (χ4n) is 1.39. The predicted octanol–water partition coefficient (Wildman–Crippen LogP) is 1.84. The first kappa shape index (κ1) is 10.1. The largest absolute Gasteiger partial charge is 0.322 e. The Labute approximate surface area is 95.3 Å². The third-order valence-electron chi connectivity index (χ3n) is 2.11. The number of halogens is 1. The molecule has 0 spiro atoms. The van der Waals surface area contributed by atoms with Gasteiger partial charge < -0.3 is 5.32 Å². The summed E-state index contributed by atoms with van der Waals surface area (Å²) in [7, 11) is 0. The Morgan fingerprint density at radius 3 is 2.40 bits per heavy atom. The quantitative estimate of drug-likeness (QED) is 0.622. The van der Waals surface area contributed by atoms with E-state index in [2.05, 4.69) is 21.2 Å². The topological polar surface area (TPSA) is 46.2 Å². The summed E-state index contributed by atoms with van der Waals surface area (Å²) in [4.78, 5) is 22.4. The lowest BCUT2D eigenvalue weighted by atomic mass is 10.1. The average molecular weight is 266 g/mol. The lowest BCUT2D eigenvalue weighted by Gasteiger charge is -2.02. The van der Waals surface area contributed by atoms with Crippen molar-refractivity contribution < 1.29 is 9.59 Å². The molecule has 1 amide bonds. The summed E-state index contributed by atoms with van der Waals surface area (Å²) in [6.07, 6.45) is -0.0583. The van der Waals surface area contributed by atoms with Crippen molar-refractivity contribution in [2.45, 2.75) is 6.42 Å². The Hall–Kier alpha value is -1.42. The molecule has 0 unspecified atom stereocenters. The molecule has 1 N–H and O–H groups in total. The molecule has 1 aromatic rings. The van der Waals surface area contributed by atoms with Gasteiger partial charge in [0.15, 0.2) is 5.78 Å². The Morgan fingerprint density at radius 1 is 1.20 bits per heavy atom. The molecule has 0 aromatic heterocycles. The van der Waals surface area contributed by atoms with Crippen LogP contribution in [0.3, 0.4) is 0 Å². The summed E-state index contributed by atoms with van der Waals surface area (Å²) in [6, 6.07) is 9.38. The molecule has 1 aromatic carbocycles. The van der Waals surface area contributed by atoms with Crippen molar-refractivity contribution in [1.82, 2.24) is 5.32 Å². The van der Waals surface area contributed by atoms with Crippen molar-refractivity contribution in [2.75, 3.05) is 0 Å². The summed E-state index contributed by atoms with van der Waals surface area (Å²) in [5, 5.41) is 2.55. The van der Waals surface area contributed by atoms with Gasteiger partial charge in [0.2, 0.25) is 5.91 Å². The lowest BCUT2D eigenvalue weighted by Crippen LogP contribution is -2.13. The molecule has 0 saturated carbocycles. The van der Waals surface area contributed by atoms with E-state index in [4.69, 9.17) is 0 Å². The highest BCUT2D eigenvalue weighted by atomic mass is 79.9. The Bertz CT molecular complexity index is 451. The van der Waals surface area contributed by atoms with Crippen molar-refractivity contribution in [2.24, 2.45) is 0 Å². The molecule has 0 atom stereocenters. The van der Waals surface area contributed by atoms with E-state index in [-0.39, 0.29) is 18.1 Å². The second-order valence-corrected chi connectivity index (χ2v) is 4.00. The Kier molecular flexibility index (Phi) is 2.68. The van der Waals surface area contributed by atoms with E-state index in [1.807, 2.05) is 30.3 Å². The number of hydrogen-bond donors (Lipinski definition) is 1. The second kappa shape index (κ2) is 3.98. The van der Waals surface area contributed by atoms with Gasteiger partial charge in [-0.25, -0.2) is 0 Å². The number of carbonyl (C=O) groups is 2. The van der Waals surface area contributed by atoms with Gasteiger partial charge >= 0.3 is 0 Å².